The number of anilines is 1. The Labute approximate surface area is 129 Å². The Morgan fingerprint density at radius 3 is 2.43 bits per heavy atom. The predicted molar refractivity (Wildman–Crippen MR) is 85.8 cm³/mol. The number of carbonyl (C=O) groups excluding carboxylic acids is 1. The number of thiazole rings is 1. The van der Waals surface area contributed by atoms with Crippen molar-refractivity contribution in [1.29, 1.82) is 0 Å². The van der Waals surface area contributed by atoms with Gasteiger partial charge < -0.3 is 5.32 Å². The number of rotatable bonds is 4. The molecule has 21 heavy (non-hydrogen) atoms. The van der Waals surface area contributed by atoms with Crippen LogP contribution in [0.4, 0.5) is 5.00 Å². The van der Waals surface area contributed by atoms with Crippen molar-refractivity contribution in [2.75, 3.05) is 5.32 Å². The Kier molecular flexibility index (Phi) is 4.46. The Morgan fingerprint density at radius 2 is 1.95 bits per heavy atom. The molecule has 0 bridgehead atoms. The first-order valence-corrected chi connectivity index (χ1v) is 7.85. The van der Waals surface area contributed by atoms with Gasteiger partial charge in [-0.05, 0) is 39.7 Å². The van der Waals surface area contributed by atoms with Crippen LogP contribution in [0.1, 0.15) is 34.6 Å². The van der Waals surface area contributed by atoms with Crippen molar-refractivity contribution >= 4 is 22.2 Å². The van der Waals surface area contributed by atoms with Crippen molar-refractivity contribution in [3.8, 4) is 0 Å². The molecule has 2 aromatic rings. The minimum absolute atomic E-state index is 0.0319. The van der Waals surface area contributed by atoms with Crippen LogP contribution in [0.15, 0.2) is 0 Å². The van der Waals surface area contributed by atoms with E-state index in [1.165, 1.54) is 11.3 Å². The summed E-state index contributed by atoms with van der Waals surface area (Å²) in [5.41, 5.74) is 4.17. The fourth-order valence-corrected chi connectivity index (χ4v) is 3.22. The Morgan fingerprint density at radius 1 is 1.29 bits per heavy atom. The van der Waals surface area contributed by atoms with Crippen LogP contribution in [-0.4, -0.2) is 20.7 Å². The molecule has 0 aliphatic heterocycles. The topological polar surface area (TPSA) is 59.8 Å². The number of nitrogens with one attached hydrogen (secondary N) is 1. The number of aromatic nitrogens is 3. The highest BCUT2D eigenvalue weighted by atomic mass is 32.1. The lowest BCUT2D eigenvalue weighted by molar-refractivity contribution is -0.119. The van der Waals surface area contributed by atoms with E-state index in [9.17, 15) is 4.79 Å². The highest BCUT2D eigenvalue weighted by Gasteiger charge is 2.19. The summed E-state index contributed by atoms with van der Waals surface area (Å²) < 4.78 is 1.87. The molecule has 0 radical (unpaired) electrons. The lowest BCUT2D eigenvalue weighted by atomic mass is 9.99. The maximum atomic E-state index is 12.3. The van der Waals surface area contributed by atoms with Gasteiger partial charge in [0.15, 0.2) is 0 Å². The molecule has 6 heteroatoms. The van der Waals surface area contributed by atoms with E-state index in [0.29, 0.717) is 6.42 Å². The molecule has 1 unspecified atom stereocenters. The summed E-state index contributed by atoms with van der Waals surface area (Å²) in [7, 11) is 1.93. The largest absolute Gasteiger partial charge is 0.316 e. The molecule has 0 fully saturated rings. The van der Waals surface area contributed by atoms with E-state index in [2.05, 4.69) is 15.4 Å². The molecule has 0 aliphatic carbocycles. The normalized spacial score (nSPS) is 12.5. The summed E-state index contributed by atoms with van der Waals surface area (Å²) in [6.07, 6.45) is 0.703. The first-order chi connectivity index (χ1) is 9.79. The number of amides is 1. The quantitative estimate of drug-likeness (QED) is 0.945. The number of hydrogen-bond acceptors (Lipinski definition) is 4. The first kappa shape index (κ1) is 15.7. The fraction of sp³-hybridized carbons (Fsp3) is 0.533. The molecule has 0 aromatic carbocycles. The standard InChI is InChI=1S/C15H22N4OS/c1-8(7-13-9(2)18-19(6)11(13)4)14(20)17-15-10(3)16-12(5)21-15/h8H,7H2,1-6H3,(H,17,20). The van der Waals surface area contributed by atoms with Crippen molar-refractivity contribution in [3.05, 3.63) is 27.7 Å². The van der Waals surface area contributed by atoms with Crippen LogP contribution in [0.25, 0.3) is 0 Å². The van der Waals surface area contributed by atoms with Gasteiger partial charge in [-0.2, -0.15) is 5.10 Å². The second-order valence-corrected chi connectivity index (χ2v) is 6.72. The molecule has 1 amide bonds. The van der Waals surface area contributed by atoms with Crippen LogP contribution in [0.2, 0.25) is 0 Å². The molecule has 5 nitrogen and oxygen atoms in total. The maximum absolute atomic E-state index is 12.3. The molecule has 2 aromatic heterocycles. The third-order valence-electron chi connectivity index (χ3n) is 3.76. The van der Waals surface area contributed by atoms with Crippen molar-refractivity contribution in [2.24, 2.45) is 13.0 Å². The van der Waals surface area contributed by atoms with Gasteiger partial charge in [0, 0.05) is 18.7 Å². The van der Waals surface area contributed by atoms with E-state index in [4.69, 9.17) is 0 Å². The fourth-order valence-electron chi connectivity index (χ4n) is 2.39. The van der Waals surface area contributed by atoms with Crippen LogP contribution < -0.4 is 5.32 Å². The van der Waals surface area contributed by atoms with E-state index < -0.39 is 0 Å². The molecule has 2 heterocycles. The second-order valence-electron chi connectivity index (χ2n) is 5.51. The molecular weight excluding hydrogens is 284 g/mol. The highest BCUT2D eigenvalue weighted by Crippen LogP contribution is 2.24. The smallest absolute Gasteiger partial charge is 0.228 e. The average Bonchev–Trinajstić information content (AvgIpc) is 2.83. The van der Waals surface area contributed by atoms with E-state index in [0.717, 1.165) is 32.7 Å². The highest BCUT2D eigenvalue weighted by molar-refractivity contribution is 7.16. The van der Waals surface area contributed by atoms with Gasteiger partial charge in [-0.15, -0.1) is 11.3 Å². The molecule has 1 N–H and O–H groups in total. The van der Waals surface area contributed by atoms with Crippen molar-refractivity contribution in [2.45, 2.75) is 41.0 Å². The molecular formula is C15H22N4OS. The monoisotopic (exact) mass is 306 g/mol. The SMILES string of the molecule is Cc1nc(C)c(NC(=O)C(C)Cc2c(C)nn(C)c2C)s1. The van der Waals surface area contributed by atoms with Gasteiger partial charge >= 0.3 is 0 Å². The Bertz CT molecular complexity index is 672. The molecule has 1 atom stereocenters. The van der Waals surface area contributed by atoms with E-state index in [1.807, 2.05) is 46.3 Å². The minimum Gasteiger partial charge on any atom is -0.316 e. The first-order valence-electron chi connectivity index (χ1n) is 7.03. The molecule has 0 saturated carbocycles. The van der Waals surface area contributed by atoms with Crippen LogP contribution in [0, 0.1) is 33.6 Å². The zero-order valence-electron chi connectivity index (χ0n) is 13.4. The van der Waals surface area contributed by atoms with Crippen LogP contribution >= 0.6 is 11.3 Å². The van der Waals surface area contributed by atoms with Gasteiger partial charge in [0.2, 0.25) is 5.91 Å². The van der Waals surface area contributed by atoms with Gasteiger partial charge in [0.05, 0.1) is 16.4 Å². The molecule has 114 valence electrons. The number of nitrogens with zero attached hydrogens (tertiary/aromatic N) is 3. The summed E-state index contributed by atoms with van der Waals surface area (Å²) >= 11 is 1.52. The number of hydrogen-bond donors (Lipinski definition) is 1. The predicted octanol–water partition coefficient (Wildman–Crippen LogP) is 2.93. The zero-order chi connectivity index (χ0) is 15.7. The second kappa shape index (κ2) is 5.97. The van der Waals surface area contributed by atoms with E-state index in [1.54, 1.807) is 0 Å². The summed E-state index contributed by atoms with van der Waals surface area (Å²) in [5.74, 6) is -0.0715. The van der Waals surface area contributed by atoms with Crippen LogP contribution in [0.5, 0.6) is 0 Å². The molecule has 0 aliphatic rings. The third-order valence-corrected chi connectivity index (χ3v) is 4.75. The van der Waals surface area contributed by atoms with Gasteiger partial charge in [0.1, 0.15) is 5.00 Å². The van der Waals surface area contributed by atoms with Crippen molar-refractivity contribution in [3.63, 3.8) is 0 Å². The van der Waals surface area contributed by atoms with Crippen LogP contribution in [0.3, 0.4) is 0 Å². The van der Waals surface area contributed by atoms with Gasteiger partial charge in [-0.25, -0.2) is 4.98 Å². The van der Waals surface area contributed by atoms with Crippen molar-refractivity contribution in [1.82, 2.24) is 14.8 Å². The summed E-state index contributed by atoms with van der Waals surface area (Å²) in [5, 5.41) is 9.21. The maximum Gasteiger partial charge on any atom is 0.228 e. The summed E-state index contributed by atoms with van der Waals surface area (Å²) in [6, 6.07) is 0. The van der Waals surface area contributed by atoms with E-state index >= 15 is 0 Å². The Hall–Kier alpha value is -1.69. The Balaban J connectivity index is 2.08. The zero-order valence-corrected chi connectivity index (χ0v) is 14.3. The van der Waals surface area contributed by atoms with Gasteiger partial charge in [-0.3, -0.25) is 9.48 Å². The number of carbonyl (C=O) groups is 1. The number of aryl methyl sites for hydroxylation is 4. The molecule has 0 saturated heterocycles. The summed E-state index contributed by atoms with van der Waals surface area (Å²) in [4.78, 5) is 16.7. The van der Waals surface area contributed by atoms with Crippen molar-refractivity contribution < 1.29 is 4.79 Å². The van der Waals surface area contributed by atoms with E-state index in [-0.39, 0.29) is 11.8 Å². The lowest BCUT2D eigenvalue weighted by Crippen LogP contribution is -2.22. The average molecular weight is 306 g/mol. The van der Waals surface area contributed by atoms with Gasteiger partial charge in [-0.1, -0.05) is 6.92 Å². The van der Waals surface area contributed by atoms with Crippen LogP contribution in [-0.2, 0) is 18.3 Å². The lowest BCUT2D eigenvalue weighted by Gasteiger charge is -2.12. The molecule has 2 rings (SSSR count). The molecule has 0 spiro atoms. The summed E-state index contributed by atoms with van der Waals surface area (Å²) in [6.45, 7) is 9.84. The minimum atomic E-state index is -0.103. The van der Waals surface area contributed by atoms with Gasteiger partial charge in [0.25, 0.3) is 0 Å². The third kappa shape index (κ3) is 3.32.